The summed E-state index contributed by atoms with van der Waals surface area (Å²) in [6, 6.07) is 6.82. The number of amides is 2. The highest BCUT2D eigenvalue weighted by Crippen LogP contribution is 2.19. The lowest BCUT2D eigenvalue weighted by molar-refractivity contribution is -0.115. The maximum absolute atomic E-state index is 12.1. The van der Waals surface area contributed by atoms with Gasteiger partial charge in [-0.05, 0) is 25.0 Å². The van der Waals surface area contributed by atoms with E-state index in [1.54, 1.807) is 6.92 Å². The fourth-order valence-electron chi connectivity index (χ4n) is 2.43. The molecule has 7 nitrogen and oxygen atoms in total. The van der Waals surface area contributed by atoms with E-state index in [2.05, 4.69) is 10.6 Å². The molecule has 3 N–H and O–H groups in total. The second kappa shape index (κ2) is 7.65. The minimum absolute atomic E-state index is 0.0485. The van der Waals surface area contributed by atoms with E-state index in [1.165, 1.54) is 6.07 Å². The largest absolute Gasteiger partial charge is 0.478 e. The van der Waals surface area contributed by atoms with Crippen LogP contribution in [0.3, 0.4) is 0 Å². The fraction of sp³-hybridized carbons (Fsp3) is 0.278. The SMILES string of the molecule is CCc1oc(C(=O)NCC(=O)Nc2c(C)cccc2C)cc1C(=O)O. The lowest BCUT2D eigenvalue weighted by Gasteiger charge is -2.11. The Morgan fingerprint density at radius 1 is 1.16 bits per heavy atom. The average Bonchev–Trinajstić information content (AvgIpc) is 3.01. The van der Waals surface area contributed by atoms with Crippen LogP contribution in [0.2, 0.25) is 0 Å². The molecule has 0 saturated carbocycles. The Kier molecular flexibility index (Phi) is 5.59. The number of carboxylic acid groups (broad SMARTS) is 1. The number of carbonyl (C=O) groups excluding carboxylic acids is 2. The molecule has 2 aromatic rings. The highest BCUT2D eigenvalue weighted by atomic mass is 16.4. The van der Waals surface area contributed by atoms with Gasteiger partial charge in [0, 0.05) is 18.2 Å². The van der Waals surface area contributed by atoms with Crippen molar-refractivity contribution in [2.45, 2.75) is 27.2 Å². The number of para-hydroxylation sites is 1. The van der Waals surface area contributed by atoms with Crippen LogP contribution < -0.4 is 10.6 Å². The Morgan fingerprint density at radius 2 is 1.80 bits per heavy atom. The summed E-state index contributed by atoms with van der Waals surface area (Å²) in [4.78, 5) is 35.2. The van der Waals surface area contributed by atoms with Crippen LogP contribution >= 0.6 is 0 Å². The first-order chi connectivity index (χ1) is 11.8. The van der Waals surface area contributed by atoms with Crippen molar-refractivity contribution in [2.75, 3.05) is 11.9 Å². The summed E-state index contributed by atoms with van der Waals surface area (Å²) in [6.45, 7) is 5.23. The van der Waals surface area contributed by atoms with E-state index < -0.39 is 11.9 Å². The van der Waals surface area contributed by atoms with Gasteiger partial charge in [0.2, 0.25) is 5.91 Å². The molecule has 0 aliphatic rings. The van der Waals surface area contributed by atoms with E-state index >= 15 is 0 Å². The molecule has 7 heteroatoms. The summed E-state index contributed by atoms with van der Waals surface area (Å²) in [5.74, 6) is -2.09. The predicted molar refractivity (Wildman–Crippen MR) is 91.9 cm³/mol. The molecule has 2 amide bonds. The summed E-state index contributed by atoms with van der Waals surface area (Å²) in [7, 11) is 0. The predicted octanol–water partition coefficient (Wildman–Crippen LogP) is 2.53. The van der Waals surface area contributed by atoms with Crippen LogP contribution in [0.4, 0.5) is 5.69 Å². The van der Waals surface area contributed by atoms with Crippen molar-refractivity contribution < 1.29 is 23.9 Å². The molecule has 1 heterocycles. The van der Waals surface area contributed by atoms with Crippen molar-refractivity contribution in [3.63, 3.8) is 0 Å². The van der Waals surface area contributed by atoms with Gasteiger partial charge in [-0.15, -0.1) is 0 Å². The second-order valence-electron chi connectivity index (χ2n) is 5.60. The first-order valence-corrected chi connectivity index (χ1v) is 7.83. The number of benzene rings is 1. The molecule has 25 heavy (non-hydrogen) atoms. The third kappa shape index (κ3) is 4.26. The average molecular weight is 344 g/mol. The monoisotopic (exact) mass is 344 g/mol. The summed E-state index contributed by atoms with van der Waals surface area (Å²) in [5.41, 5.74) is 2.50. The zero-order chi connectivity index (χ0) is 18.6. The molecule has 0 aliphatic carbocycles. The number of carboxylic acids is 1. The number of hydrogen-bond donors (Lipinski definition) is 3. The minimum Gasteiger partial charge on any atom is -0.478 e. The number of hydrogen-bond acceptors (Lipinski definition) is 4. The van der Waals surface area contributed by atoms with Crippen molar-refractivity contribution >= 4 is 23.5 Å². The van der Waals surface area contributed by atoms with Crippen LogP contribution in [0.25, 0.3) is 0 Å². The lowest BCUT2D eigenvalue weighted by Crippen LogP contribution is -2.33. The van der Waals surface area contributed by atoms with Crippen LogP contribution in [0.1, 0.15) is 44.7 Å². The van der Waals surface area contributed by atoms with Crippen LogP contribution in [0.5, 0.6) is 0 Å². The quantitative estimate of drug-likeness (QED) is 0.746. The van der Waals surface area contributed by atoms with Crippen LogP contribution in [0.15, 0.2) is 28.7 Å². The van der Waals surface area contributed by atoms with Crippen molar-refractivity contribution in [2.24, 2.45) is 0 Å². The molecular weight excluding hydrogens is 324 g/mol. The fourth-order valence-corrected chi connectivity index (χ4v) is 2.43. The zero-order valence-corrected chi connectivity index (χ0v) is 14.3. The number of aryl methyl sites for hydroxylation is 3. The second-order valence-corrected chi connectivity index (χ2v) is 5.60. The molecule has 0 fully saturated rings. The molecule has 0 atom stereocenters. The van der Waals surface area contributed by atoms with Gasteiger partial charge in [0.05, 0.1) is 6.54 Å². The topological polar surface area (TPSA) is 109 Å². The molecule has 0 aliphatic heterocycles. The molecule has 0 saturated heterocycles. The minimum atomic E-state index is -1.16. The molecule has 0 bridgehead atoms. The highest BCUT2D eigenvalue weighted by Gasteiger charge is 2.20. The van der Waals surface area contributed by atoms with Crippen molar-refractivity contribution in [1.29, 1.82) is 0 Å². The van der Waals surface area contributed by atoms with E-state index in [1.807, 2.05) is 32.0 Å². The Hall–Kier alpha value is -3.09. The van der Waals surface area contributed by atoms with Crippen LogP contribution in [-0.4, -0.2) is 29.4 Å². The van der Waals surface area contributed by atoms with E-state index in [0.717, 1.165) is 11.1 Å². The number of furan rings is 1. The van der Waals surface area contributed by atoms with Gasteiger partial charge in [0.15, 0.2) is 5.76 Å². The van der Waals surface area contributed by atoms with Gasteiger partial charge in [-0.3, -0.25) is 9.59 Å². The molecule has 0 spiro atoms. The van der Waals surface area contributed by atoms with Gasteiger partial charge < -0.3 is 20.2 Å². The summed E-state index contributed by atoms with van der Waals surface area (Å²) in [5, 5.41) is 14.2. The lowest BCUT2D eigenvalue weighted by atomic mass is 10.1. The van der Waals surface area contributed by atoms with Crippen molar-refractivity contribution in [3.05, 3.63) is 52.5 Å². The number of nitrogens with one attached hydrogen (secondary N) is 2. The summed E-state index contributed by atoms with van der Waals surface area (Å²) >= 11 is 0. The maximum atomic E-state index is 12.1. The van der Waals surface area contributed by atoms with Crippen LogP contribution in [0, 0.1) is 13.8 Å². The van der Waals surface area contributed by atoms with E-state index in [4.69, 9.17) is 9.52 Å². The Balaban J connectivity index is 2.00. The molecule has 1 aromatic carbocycles. The molecule has 2 rings (SSSR count). The Bertz CT molecular complexity index is 803. The van der Waals surface area contributed by atoms with Crippen LogP contribution in [-0.2, 0) is 11.2 Å². The normalized spacial score (nSPS) is 10.4. The number of aromatic carboxylic acids is 1. The van der Waals surface area contributed by atoms with Gasteiger partial charge >= 0.3 is 5.97 Å². The maximum Gasteiger partial charge on any atom is 0.339 e. The van der Waals surface area contributed by atoms with Crippen molar-refractivity contribution in [3.8, 4) is 0 Å². The standard InChI is InChI=1S/C18H20N2O5/c1-4-13-12(18(23)24)8-14(25-13)17(22)19-9-15(21)20-16-10(2)6-5-7-11(16)3/h5-8H,4,9H2,1-3H3,(H,19,22)(H,20,21)(H,23,24). The van der Waals surface area contributed by atoms with Gasteiger partial charge in [-0.25, -0.2) is 4.79 Å². The molecule has 0 radical (unpaired) electrons. The third-order valence-corrected chi connectivity index (χ3v) is 3.74. The number of rotatable bonds is 6. The zero-order valence-electron chi connectivity index (χ0n) is 14.3. The van der Waals surface area contributed by atoms with Crippen molar-refractivity contribution in [1.82, 2.24) is 5.32 Å². The molecular formula is C18H20N2O5. The van der Waals surface area contributed by atoms with E-state index in [0.29, 0.717) is 12.1 Å². The van der Waals surface area contributed by atoms with Gasteiger partial charge in [0.1, 0.15) is 11.3 Å². The van der Waals surface area contributed by atoms with E-state index in [-0.39, 0.29) is 29.5 Å². The summed E-state index contributed by atoms with van der Waals surface area (Å²) in [6.07, 6.45) is 0.349. The molecule has 0 unspecified atom stereocenters. The summed E-state index contributed by atoms with van der Waals surface area (Å²) < 4.78 is 5.25. The first kappa shape index (κ1) is 18.3. The Morgan fingerprint density at radius 3 is 2.32 bits per heavy atom. The van der Waals surface area contributed by atoms with Gasteiger partial charge in [-0.1, -0.05) is 25.1 Å². The Labute approximate surface area is 145 Å². The number of carbonyl (C=O) groups is 3. The number of anilines is 1. The van der Waals surface area contributed by atoms with Gasteiger partial charge in [-0.2, -0.15) is 0 Å². The first-order valence-electron chi connectivity index (χ1n) is 7.83. The smallest absolute Gasteiger partial charge is 0.339 e. The van der Waals surface area contributed by atoms with E-state index in [9.17, 15) is 14.4 Å². The highest BCUT2D eigenvalue weighted by molar-refractivity contribution is 6.00. The van der Waals surface area contributed by atoms with Gasteiger partial charge in [0.25, 0.3) is 5.91 Å². The third-order valence-electron chi connectivity index (χ3n) is 3.74. The molecule has 132 valence electrons. The molecule has 1 aromatic heterocycles.